The molecule has 0 aliphatic rings. The summed E-state index contributed by atoms with van der Waals surface area (Å²) in [7, 11) is 1.54. The van der Waals surface area contributed by atoms with Crippen LogP contribution in [0.1, 0.15) is 25.3 Å². The van der Waals surface area contributed by atoms with Crippen molar-refractivity contribution >= 4 is 17.4 Å². The lowest BCUT2D eigenvalue weighted by Gasteiger charge is -2.21. The molecular weight excluding hydrogens is 412 g/mol. The van der Waals surface area contributed by atoms with Gasteiger partial charge in [0.15, 0.2) is 0 Å². The van der Waals surface area contributed by atoms with E-state index in [0.717, 1.165) is 18.4 Å². The summed E-state index contributed by atoms with van der Waals surface area (Å²) < 4.78 is 29.9. The van der Waals surface area contributed by atoms with E-state index >= 15 is 0 Å². The minimum Gasteiger partial charge on any atom is -0.435 e. The van der Waals surface area contributed by atoms with E-state index in [4.69, 9.17) is 5.73 Å². The van der Waals surface area contributed by atoms with Crippen molar-refractivity contribution in [1.82, 2.24) is 14.9 Å². The van der Waals surface area contributed by atoms with Crippen LogP contribution in [-0.2, 0) is 17.8 Å². The van der Waals surface area contributed by atoms with Crippen LogP contribution in [0, 0.1) is 0 Å². The number of hydrogen-bond acceptors (Lipinski definition) is 6. The molecule has 4 N–H and O–H groups in total. The molecule has 2 aromatic rings. The van der Waals surface area contributed by atoms with E-state index in [1.807, 2.05) is 6.92 Å². The van der Waals surface area contributed by atoms with E-state index in [0.29, 0.717) is 19.5 Å². The van der Waals surface area contributed by atoms with Crippen LogP contribution in [-0.4, -0.2) is 42.2 Å². The second kappa shape index (κ2) is 11.1. The number of benzene rings is 1. The van der Waals surface area contributed by atoms with Crippen molar-refractivity contribution in [3.63, 3.8) is 0 Å². The Kier molecular flexibility index (Phi) is 8.59. The number of anilines is 2. The van der Waals surface area contributed by atoms with E-state index in [9.17, 15) is 23.2 Å². The van der Waals surface area contributed by atoms with Gasteiger partial charge in [-0.15, -0.1) is 0 Å². The lowest BCUT2D eigenvalue weighted by atomic mass is 10.1. The van der Waals surface area contributed by atoms with Gasteiger partial charge in [0, 0.05) is 20.1 Å². The number of alkyl halides is 2. The smallest absolute Gasteiger partial charge is 0.387 e. The number of carbonyl (C=O) groups is 1. The molecule has 0 atom stereocenters. The van der Waals surface area contributed by atoms with Gasteiger partial charge in [-0.25, -0.2) is 4.79 Å². The standard InChI is InChI=1S/C20H27F2N5O4/c1-3-4-11-27-17(23)16(18(29)25-20(27)30)26(2)12-15(28)24-10-9-13-5-7-14(8-6-13)31-19(21)22/h5-8,19H,3-4,9-12,23H2,1-2H3,(H,24,28)(H,25,29,30). The summed E-state index contributed by atoms with van der Waals surface area (Å²) in [6, 6.07) is 6.13. The van der Waals surface area contributed by atoms with Crippen LogP contribution >= 0.6 is 0 Å². The zero-order valence-corrected chi connectivity index (χ0v) is 17.5. The highest BCUT2D eigenvalue weighted by molar-refractivity contribution is 5.82. The number of aromatic nitrogens is 2. The molecule has 11 heteroatoms. The van der Waals surface area contributed by atoms with Gasteiger partial charge in [0.05, 0.1) is 6.54 Å². The Bertz CT molecular complexity index is 989. The summed E-state index contributed by atoms with van der Waals surface area (Å²) in [4.78, 5) is 40.1. The molecule has 1 aromatic heterocycles. The molecule has 170 valence electrons. The number of carbonyl (C=O) groups excluding carboxylic acids is 1. The summed E-state index contributed by atoms with van der Waals surface area (Å²) in [5.41, 5.74) is 5.68. The van der Waals surface area contributed by atoms with Crippen molar-refractivity contribution in [3.05, 3.63) is 50.7 Å². The Labute approximate surface area is 177 Å². The average molecular weight is 439 g/mol. The van der Waals surface area contributed by atoms with Crippen molar-refractivity contribution < 1.29 is 18.3 Å². The van der Waals surface area contributed by atoms with E-state index < -0.39 is 17.9 Å². The largest absolute Gasteiger partial charge is 0.435 e. The second-order valence-corrected chi connectivity index (χ2v) is 6.98. The second-order valence-electron chi connectivity index (χ2n) is 6.98. The van der Waals surface area contributed by atoms with Crippen molar-refractivity contribution in [2.24, 2.45) is 0 Å². The first-order chi connectivity index (χ1) is 14.7. The molecular formula is C20H27F2N5O4. The summed E-state index contributed by atoms with van der Waals surface area (Å²) in [6.07, 6.45) is 2.05. The molecule has 0 aliphatic carbocycles. The first-order valence-corrected chi connectivity index (χ1v) is 9.87. The van der Waals surface area contributed by atoms with Crippen LogP contribution in [0.2, 0.25) is 0 Å². The normalized spacial score (nSPS) is 10.9. The Hall–Kier alpha value is -3.37. The van der Waals surface area contributed by atoms with Crippen LogP contribution in [0.3, 0.4) is 0 Å². The van der Waals surface area contributed by atoms with Crippen molar-refractivity contribution in [3.8, 4) is 5.75 Å². The van der Waals surface area contributed by atoms with Gasteiger partial charge < -0.3 is 20.7 Å². The van der Waals surface area contributed by atoms with E-state index in [-0.39, 0.29) is 29.7 Å². The number of unbranched alkanes of at least 4 members (excludes halogenated alkanes) is 1. The van der Waals surface area contributed by atoms with Crippen molar-refractivity contribution in [2.75, 3.05) is 30.8 Å². The molecule has 1 heterocycles. The van der Waals surface area contributed by atoms with Crippen LogP contribution < -0.4 is 31.9 Å². The summed E-state index contributed by atoms with van der Waals surface area (Å²) in [6.45, 7) is -0.374. The number of hydrogen-bond donors (Lipinski definition) is 3. The van der Waals surface area contributed by atoms with Crippen LogP contribution in [0.5, 0.6) is 5.75 Å². The predicted molar refractivity (Wildman–Crippen MR) is 114 cm³/mol. The molecule has 0 radical (unpaired) electrons. The minimum absolute atomic E-state index is 0.0172. The quantitative estimate of drug-likeness (QED) is 0.485. The fraction of sp³-hybridized carbons (Fsp3) is 0.450. The van der Waals surface area contributed by atoms with Crippen LogP contribution in [0.25, 0.3) is 0 Å². The number of H-pyrrole nitrogens is 1. The maximum atomic E-state index is 12.3. The Morgan fingerprint density at radius 1 is 1.29 bits per heavy atom. The van der Waals surface area contributed by atoms with Gasteiger partial charge in [0.2, 0.25) is 5.91 Å². The first-order valence-electron chi connectivity index (χ1n) is 9.87. The maximum Gasteiger partial charge on any atom is 0.387 e. The third kappa shape index (κ3) is 6.83. The maximum absolute atomic E-state index is 12.3. The van der Waals surface area contributed by atoms with Gasteiger partial charge in [-0.2, -0.15) is 8.78 Å². The van der Waals surface area contributed by atoms with E-state index in [1.54, 1.807) is 12.1 Å². The number of nitrogens with two attached hydrogens (primary N) is 1. The van der Waals surface area contributed by atoms with Gasteiger partial charge in [-0.3, -0.25) is 19.1 Å². The molecule has 0 aliphatic heterocycles. The number of nitrogens with one attached hydrogen (secondary N) is 2. The zero-order valence-electron chi connectivity index (χ0n) is 17.5. The summed E-state index contributed by atoms with van der Waals surface area (Å²) in [5, 5.41) is 2.72. The van der Waals surface area contributed by atoms with Gasteiger partial charge in [0.25, 0.3) is 5.56 Å². The molecule has 0 saturated heterocycles. The highest BCUT2D eigenvalue weighted by Crippen LogP contribution is 2.16. The number of nitrogens with zero attached hydrogens (tertiary/aromatic N) is 2. The van der Waals surface area contributed by atoms with Crippen molar-refractivity contribution in [2.45, 2.75) is 39.3 Å². The Balaban J connectivity index is 1.94. The number of halogens is 2. The molecule has 1 amide bonds. The van der Waals surface area contributed by atoms with Gasteiger partial charge in [-0.05, 0) is 30.5 Å². The summed E-state index contributed by atoms with van der Waals surface area (Å²) >= 11 is 0. The molecule has 2 rings (SSSR count). The zero-order chi connectivity index (χ0) is 23.0. The number of amides is 1. The molecule has 31 heavy (non-hydrogen) atoms. The number of likely N-dealkylation sites (N-methyl/N-ethyl adjacent to an activating group) is 1. The SMILES string of the molecule is CCCCn1c(N)c(N(C)CC(=O)NCCc2ccc(OC(F)F)cc2)c(=O)[nH]c1=O. The van der Waals surface area contributed by atoms with Crippen LogP contribution in [0.4, 0.5) is 20.3 Å². The van der Waals surface area contributed by atoms with Crippen molar-refractivity contribution in [1.29, 1.82) is 0 Å². The number of aromatic amines is 1. The molecule has 0 unspecified atom stereocenters. The fourth-order valence-corrected chi connectivity index (χ4v) is 3.02. The van der Waals surface area contributed by atoms with Gasteiger partial charge in [-0.1, -0.05) is 25.5 Å². The van der Waals surface area contributed by atoms with E-state index in [1.165, 1.54) is 28.6 Å². The Morgan fingerprint density at radius 2 is 1.97 bits per heavy atom. The monoisotopic (exact) mass is 439 g/mol. The minimum atomic E-state index is -2.88. The number of ether oxygens (including phenoxy) is 1. The Morgan fingerprint density at radius 3 is 2.58 bits per heavy atom. The van der Waals surface area contributed by atoms with Gasteiger partial charge >= 0.3 is 12.3 Å². The summed E-state index contributed by atoms with van der Waals surface area (Å²) in [5.74, 6) is -0.263. The topological polar surface area (TPSA) is 122 Å². The highest BCUT2D eigenvalue weighted by Gasteiger charge is 2.18. The lowest BCUT2D eigenvalue weighted by molar-refractivity contribution is -0.119. The third-order valence-electron chi connectivity index (χ3n) is 4.60. The van der Waals surface area contributed by atoms with E-state index in [2.05, 4.69) is 15.0 Å². The molecule has 0 bridgehead atoms. The molecule has 0 saturated carbocycles. The highest BCUT2D eigenvalue weighted by atomic mass is 19.3. The third-order valence-corrected chi connectivity index (χ3v) is 4.60. The molecule has 0 fully saturated rings. The average Bonchev–Trinajstić information content (AvgIpc) is 2.68. The first kappa shape index (κ1) is 23.9. The lowest BCUT2D eigenvalue weighted by Crippen LogP contribution is -2.41. The molecule has 0 spiro atoms. The molecule has 1 aromatic carbocycles. The number of nitrogen functional groups attached to an aromatic ring is 1. The fourth-order valence-electron chi connectivity index (χ4n) is 3.02. The number of rotatable bonds is 11. The van der Waals surface area contributed by atoms with Gasteiger partial charge in [0.1, 0.15) is 17.3 Å². The molecule has 9 nitrogen and oxygen atoms in total. The predicted octanol–water partition coefficient (Wildman–Crippen LogP) is 1.32. The van der Waals surface area contributed by atoms with Crippen LogP contribution in [0.15, 0.2) is 33.9 Å².